The zero-order chi connectivity index (χ0) is 21.3. The molecule has 2 aromatic carbocycles. The smallest absolute Gasteiger partial charge is 0.0672 e. The van der Waals surface area contributed by atoms with Crippen LogP contribution < -0.4 is 5.73 Å². The van der Waals surface area contributed by atoms with Crippen molar-refractivity contribution in [1.82, 2.24) is 9.80 Å². The molecule has 4 atom stereocenters. The summed E-state index contributed by atoms with van der Waals surface area (Å²) in [5, 5.41) is 8.94. The van der Waals surface area contributed by atoms with E-state index in [1.165, 1.54) is 17.7 Å². The molecule has 4 nitrogen and oxygen atoms in total. The summed E-state index contributed by atoms with van der Waals surface area (Å²) < 4.78 is 0. The lowest BCUT2D eigenvalue weighted by Gasteiger charge is -2.15. The second-order valence-corrected chi connectivity index (χ2v) is 9.05. The summed E-state index contributed by atoms with van der Waals surface area (Å²) in [6.07, 6.45) is 0. The maximum atomic E-state index is 8.94. The summed E-state index contributed by atoms with van der Waals surface area (Å²) in [6.45, 7) is 11.7. The van der Waals surface area contributed by atoms with Gasteiger partial charge in [-0.15, -0.1) is 0 Å². The molecule has 160 valence electrons. The van der Waals surface area contributed by atoms with E-state index in [2.05, 4.69) is 84.3 Å². The van der Waals surface area contributed by atoms with Gasteiger partial charge in [-0.2, -0.15) is 5.26 Å². The molecule has 2 aromatic rings. The molecule has 4 unspecified atom stereocenters. The summed E-state index contributed by atoms with van der Waals surface area (Å²) in [5.74, 6) is 2.17. The van der Waals surface area contributed by atoms with Crippen molar-refractivity contribution in [2.45, 2.75) is 26.9 Å². The van der Waals surface area contributed by atoms with Crippen LogP contribution in [0.2, 0.25) is 0 Å². The number of benzene rings is 2. The van der Waals surface area contributed by atoms with E-state index in [-0.39, 0.29) is 5.92 Å². The van der Waals surface area contributed by atoms with Gasteiger partial charge in [-0.1, -0.05) is 74.5 Å². The zero-order valence-electron chi connectivity index (χ0n) is 18.5. The Bertz CT molecular complexity index is 786. The Labute approximate surface area is 182 Å². The van der Waals surface area contributed by atoms with Crippen LogP contribution >= 0.6 is 0 Å². The first-order valence-corrected chi connectivity index (χ1v) is 11.2. The maximum Gasteiger partial charge on any atom is 0.0672 e. The SMILES string of the molecule is CC1CN(Cc2ccccc2)CC1C#N.CC1CN(Cc2ccccc2)CC1CN. The fraction of sp³-hybridized carbons (Fsp3) is 0.500. The average molecular weight is 405 g/mol. The van der Waals surface area contributed by atoms with Crippen molar-refractivity contribution >= 4 is 0 Å². The molecule has 0 aromatic heterocycles. The molecule has 0 amide bonds. The van der Waals surface area contributed by atoms with Gasteiger partial charge in [-0.3, -0.25) is 9.80 Å². The first kappa shape index (κ1) is 22.5. The van der Waals surface area contributed by atoms with Crippen LogP contribution in [0.25, 0.3) is 0 Å². The van der Waals surface area contributed by atoms with Gasteiger partial charge in [0.15, 0.2) is 0 Å². The lowest BCUT2D eigenvalue weighted by Crippen LogP contribution is -2.23. The number of nitrogens with zero attached hydrogens (tertiary/aromatic N) is 3. The quantitative estimate of drug-likeness (QED) is 0.819. The Morgan fingerprint density at radius 2 is 1.30 bits per heavy atom. The van der Waals surface area contributed by atoms with Gasteiger partial charge < -0.3 is 5.73 Å². The Morgan fingerprint density at radius 1 is 0.800 bits per heavy atom. The van der Waals surface area contributed by atoms with Gasteiger partial charge in [0.25, 0.3) is 0 Å². The minimum absolute atomic E-state index is 0.216. The van der Waals surface area contributed by atoms with E-state index in [1.54, 1.807) is 0 Å². The highest BCUT2D eigenvalue weighted by molar-refractivity contribution is 5.15. The van der Waals surface area contributed by atoms with Gasteiger partial charge in [0, 0.05) is 39.3 Å². The molecule has 0 bridgehead atoms. The van der Waals surface area contributed by atoms with Crippen LogP contribution in [0.3, 0.4) is 0 Å². The summed E-state index contributed by atoms with van der Waals surface area (Å²) in [5.41, 5.74) is 8.49. The molecule has 2 aliphatic rings. The third kappa shape index (κ3) is 6.40. The molecule has 0 aliphatic carbocycles. The number of hydrogen-bond donors (Lipinski definition) is 1. The summed E-state index contributed by atoms with van der Waals surface area (Å²) >= 11 is 0. The minimum Gasteiger partial charge on any atom is -0.330 e. The van der Waals surface area contributed by atoms with Gasteiger partial charge in [-0.05, 0) is 35.4 Å². The molecule has 4 heteroatoms. The van der Waals surface area contributed by atoms with Crippen molar-refractivity contribution in [3.8, 4) is 6.07 Å². The molecule has 2 saturated heterocycles. The third-order valence-corrected chi connectivity index (χ3v) is 6.50. The van der Waals surface area contributed by atoms with E-state index < -0.39 is 0 Å². The van der Waals surface area contributed by atoms with Crippen LogP contribution in [-0.2, 0) is 13.1 Å². The van der Waals surface area contributed by atoms with Crippen molar-refractivity contribution in [1.29, 1.82) is 5.26 Å². The van der Waals surface area contributed by atoms with E-state index >= 15 is 0 Å². The van der Waals surface area contributed by atoms with Crippen molar-refractivity contribution < 1.29 is 0 Å². The number of likely N-dealkylation sites (tertiary alicyclic amines) is 2. The summed E-state index contributed by atoms with van der Waals surface area (Å²) in [6, 6.07) is 23.5. The van der Waals surface area contributed by atoms with Crippen molar-refractivity contribution in [3.05, 3.63) is 71.8 Å². The zero-order valence-corrected chi connectivity index (χ0v) is 18.5. The van der Waals surface area contributed by atoms with Crippen molar-refractivity contribution in [2.75, 3.05) is 32.7 Å². The number of hydrogen-bond acceptors (Lipinski definition) is 4. The molecule has 0 radical (unpaired) electrons. The second-order valence-electron chi connectivity index (χ2n) is 9.05. The number of nitrogens with two attached hydrogens (primary N) is 1. The van der Waals surface area contributed by atoms with Gasteiger partial charge >= 0.3 is 0 Å². The van der Waals surface area contributed by atoms with Crippen LogP contribution in [0.4, 0.5) is 0 Å². The molecular weight excluding hydrogens is 368 g/mol. The Kier molecular flexibility index (Phi) is 8.45. The first-order valence-electron chi connectivity index (χ1n) is 11.2. The summed E-state index contributed by atoms with van der Waals surface area (Å²) in [4.78, 5) is 4.88. The molecule has 30 heavy (non-hydrogen) atoms. The molecule has 2 heterocycles. The highest BCUT2D eigenvalue weighted by Gasteiger charge is 2.29. The Hall–Kier alpha value is -2.19. The second kappa shape index (κ2) is 11.3. The highest BCUT2D eigenvalue weighted by Crippen LogP contribution is 2.24. The molecule has 2 fully saturated rings. The lowest BCUT2D eigenvalue weighted by molar-refractivity contribution is 0.315. The van der Waals surface area contributed by atoms with Gasteiger partial charge in [-0.25, -0.2) is 0 Å². The topological polar surface area (TPSA) is 56.3 Å². The molecule has 4 rings (SSSR count). The molecular formula is C26H36N4. The summed E-state index contributed by atoms with van der Waals surface area (Å²) in [7, 11) is 0. The van der Waals surface area contributed by atoms with Gasteiger partial charge in [0.1, 0.15) is 0 Å². The van der Waals surface area contributed by atoms with E-state index in [0.717, 1.165) is 45.2 Å². The van der Waals surface area contributed by atoms with E-state index in [1.807, 2.05) is 6.07 Å². The van der Waals surface area contributed by atoms with Gasteiger partial charge in [0.05, 0.1) is 12.0 Å². The van der Waals surface area contributed by atoms with Crippen molar-refractivity contribution in [2.24, 2.45) is 29.4 Å². The van der Waals surface area contributed by atoms with E-state index in [9.17, 15) is 0 Å². The van der Waals surface area contributed by atoms with Crippen LogP contribution in [0.1, 0.15) is 25.0 Å². The third-order valence-electron chi connectivity index (χ3n) is 6.50. The molecule has 2 N–H and O–H groups in total. The monoisotopic (exact) mass is 404 g/mol. The number of nitriles is 1. The maximum absolute atomic E-state index is 8.94. The predicted octanol–water partition coefficient (Wildman–Crippen LogP) is 3.99. The molecule has 0 saturated carbocycles. The normalized spacial score (nSPS) is 26.7. The molecule has 0 spiro atoms. The van der Waals surface area contributed by atoms with E-state index in [4.69, 9.17) is 11.0 Å². The fourth-order valence-electron chi connectivity index (χ4n) is 4.63. The van der Waals surface area contributed by atoms with Crippen LogP contribution in [0.5, 0.6) is 0 Å². The molecule has 2 aliphatic heterocycles. The largest absolute Gasteiger partial charge is 0.330 e. The predicted molar refractivity (Wildman–Crippen MR) is 123 cm³/mol. The Morgan fingerprint density at radius 3 is 1.73 bits per heavy atom. The van der Waals surface area contributed by atoms with Crippen LogP contribution in [0, 0.1) is 35.0 Å². The number of rotatable bonds is 5. The van der Waals surface area contributed by atoms with Crippen LogP contribution in [0.15, 0.2) is 60.7 Å². The highest BCUT2D eigenvalue weighted by atomic mass is 15.2. The standard InChI is InChI=1S/C13H20N2.C13H16N2/c2*1-11-8-15(10-13(11)7-14)9-12-5-3-2-4-6-12/h2-6,11,13H,7-10,14H2,1H3;2-6,11,13H,8-10H2,1H3. The Balaban J connectivity index is 0.000000171. The van der Waals surface area contributed by atoms with Crippen molar-refractivity contribution in [3.63, 3.8) is 0 Å². The lowest BCUT2D eigenvalue weighted by atomic mass is 9.99. The van der Waals surface area contributed by atoms with Crippen LogP contribution in [-0.4, -0.2) is 42.5 Å². The first-order chi connectivity index (χ1) is 14.6. The van der Waals surface area contributed by atoms with E-state index in [0.29, 0.717) is 11.8 Å². The average Bonchev–Trinajstić information content (AvgIpc) is 3.30. The fourth-order valence-corrected chi connectivity index (χ4v) is 4.63. The van der Waals surface area contributed by atoms with Gasteiger partial charge in [0.2, 0.25) is 0 Å². The minimum atomic E-state index is 0.216.